The van der Waals surface area contributed by atoms with Gasteiger partial charge in [-0.25, -0.2) is 0 Å². The molecular formula is C22H22N2O2. The number of hydrogen-bond donors (Lipinski definition) is 2. The molecule has 0 bridgehead atoms. The Balaban J connectivity index is 1.64. The maximum absolute atomic E-state index is 12.3. The van der Waals surface area contributed by atoms with Gasteiger partial charge in [-0.1, -0.05) is 42.5 Å². The van der Waals surface area contributed by atoms with Gasteiger partial charge in [-0.3, -0.25) is 4.79 Å². The summed E-state index contributed by atoms with van der Waals surface area (Å²) in [7, 11) is 0. The molecule has 4 nitrogen and oxygen atoms in total. The Morgan fingerprint density at radius 3 is 2.42 bits per heavy atom. The smallest absolute Gasteiger partial charge is 0.243 e. The molecule has 0 heterocycles. The highest BCUT2D eigenvalue weighted by Crippen LogP contribution is 2.28. The first-order valence-corrected chi connectivity index (χ1v) is 8.55. The summed E-state index contributed by atoms with van der Waals surface area (Å²) in [6.45, 7) is 4.14. The largest absolute Gasteiger partial charge is 0.455 e. The van der Waals surface area contributed by atoms with Crippen LogP contribution >= 0.6 is 0 Å². The number of amides is 1. The highest BCUT2D eigenvalue weighted by molar-refractivity contribution is 5.94. The summed E-state index contributed by atoms with van der Waals surface area (Å²) in [4.78, 5) is 12.3. The van der Waals surface area contributed by atoms with E-state index in [9.17, 15) is 4.79 Å². The average Bonchev–Trinajstić information content (AvgIpc) is 2.65. The molecule has 0 spiro atoms. The fourth-order valence-electron chi connectivity index (χ4n) is 2.56. The number of aryl methyl sites for hydroxylation is 2. The lowest BCUT2D eigenvalue weighted by atomic mass is 10.1. The van der Waals surface area contributed by atoms with E-state index in [-0.39, 0.29) is 12.5 Å². The molecule has 0 aromatic heterocycles. The third-order valence-electron chi connectivity index (χ3n) is 3.96. The quantitative estimate of drug-likeness (QED) is 0.649. The van der Waals surface area contributed by atoms with Crippen LogP contribution in [0.25, 0.3) is 0 Å². The number of nitrogens with one attached hydrogen (secondary N) is 2. The van der Waals surface area contributed by atoms with Crippen molar-refractivity contribution in [1.29, 1.82) is 0 Å². The molecule has 0 saturated heterocycles. The van der Waals surface area contributed by atoms with Crippen LogP contribution in [0.3, 0.4) is 0 Å². The first kappa shape index (κ1) is 17.5. The molecule has 3 rings (SSSR count). The van der Waals surface area contributed by atoms with Crippen molar-refractivity contribution in [2.45, 2.75) is 13.8 Å². The summed E-state index contributed by atoms with van der Waals surface area (Å²) in [6.07, 6.45) is 0. The lowest BCUT2D eigenvalue weighted by Crippen LogP contribution is -2.22. The Morgan fingerprint density at radius 2 is 1.62 bits per heavy atom. The maximum atomic E-state index is 12.3. The van der Waals surface area contributed by atoms with Gasteiger partial charge in [-0.15, -0.1) is 0 Å². The maximum Gasteiger partial charge on any atom is 0.243 e. The van der Waals surface area contributed by atoms with E-state index in [2.05, 4.69) is 10.6 Å². The summed E-state index contributed by atoms with van der Waals surface area (Å²) < 4.78 is 5.90. The van der Waals surface area contributed by atoms with E-state index in [1.807, 2.05) is 86.6 Å². The molecule has 1 amide bonds. The standard InChI is InChI=1S/C22H22N2O2/c1-16-12-13-17(2)20(14-16)24-22(25)15-23-19-10-6-7-11-21(19)26-18-8-4-3-5-9-18/h3-14,23H,15H2,1-2H3,(H,24,25). The topological polar surface area (TPSA) is 50.4 Å². The molecule has 132 valence electrons. The first-order valence-electron chi connectivity index (χ1n) is 8.55. The Morgan fingerprint density at radius 1 is 0.885 bits per heavy atom. The second-order valence-electron chi connectivity index (χ2n) is 6.13. The second kappa shape index (κ2) is 8.21. The third-order valence-corrected chi connectivity index (χ3v) is 3.96. The molecule has 0 radical (unpaired) electrons. The molecule has 0 atom stereocenters. The fourth-order valence-corrected chi connectivity index (χ4v) is 2.56. The van der Waals surface area contributed by atoms with Crippen LogP contribution in [0.1, 0.15) is 11.1 Å². The van der Waals surface area contributed by atoms with E-state index in [1.165, 1.54) is 0 Å². The van der Waals surface area contributed by atoms with Gasteiger partial charge in [0.05, 0.1) is 12.2 Å². The summed E-state index contributed by atoms with van der Waals surface area (Å²) in [5.41, 5.74) is 3.76. The lowest BCUT2D eigenvalue weighted by Gasteiger charge is -2.14. The number of carbonyl (C=O) groups is 1. The van der Waals surface area contributed by atoms with Gasteiger partial charge in [0.15, 0.2) is 5.75 Å². The number of para-hydroxylation sites is 3. The molecule has 0 unspecified atom stereocenters. The van der Waals surface area contributed by atoms with Crippen molar-refractivity contribution in [3.8, 4) is 11.5 Å². The Kier molecular flexibility index (Phi) is 5.54. The minimum Gasteiger partial charge on any atom is -0.455 e. The van der Waals surface area contributed by atoms with Gasteiger partial charge in [0.25, 0.3) is 0 Å². The summed E-state index contributed by atoms with van der Waals surface area (Å²) in [5, 5.41) is 6.10. The predicted molar refractivity (Wildman–Crippen MR) is 106 cm³/mol. The molecule has 3 aromatic carbocycles. The van der Waals surface area contributed by atoms with Crippen LogP contribution in [0, 0.1) is 13.8 Å². The average molecular weight is 346 g/mol. The van der Waals surface area contributed by atoms with Crippen molar-refractivity contribution in [3.05, 3.63) is 83.9 Å². The normalized spacial score (nSPS) is 10.2. The monoisotopic (exact) mass is 346 g/mol. The van der Waals surface area contributed by atoms with Crippen LogP contribution in [0.5, 0.6) is 11.5 Å². The molecule has 26 heavy (non-hydrogen) atoms. The molecule has 0 fully saturated rings. The van der Waals surface area contributed by atoms with Gasteiger partial charge in [0.1, 0.15) is 5.75 Å². The predicted octanol–water partition coefficient (Wildman–Crippen LogP) is 5.15. The van der Waals surface area contributed by atoms with Gasteiger partial charge in [0.2, 0.25) is 5.91 Å². The Bertz CT molecular complexity index is 892. The van der Waals surface area contributed by atoms with Crippen LogP contribution in [-0.2, 0) is 4.79 Å². The van der Waals surface area contributed by atoms with Gasteiger partial charge in [0, 0.05) is 5.69 Å². The Labute approximate surface area is 153 Å². The minimum absolute atomic E-state index is 0.104. The number of ether oxygens (including phenoxy) is 1. The highest BCUT2D eigenvalue weighted by Gasteiger charge is 2.08. The second-order valence-corrected chi connectivity index (χ2v) is 6.13. The zero-order chi connectivity index (χ0) is 18.4. The van der Waals surface area contributed by atoms with E-state index in [0.717, 1.165) is 28.3 Å². The summed E-state index contributed by atoms with van der Waals surface area (Å²) in [6, 6.07) is 23.1. The zero-order valence-electron chi connectivity index (χ0n) is 15.0. The van der Waals surface area contributed by atoms with Crippen LogP contribution in [-0.4, -0.2) is 12.5 Å². The molecule has 0 saturated carbocycles. The van der Waals surface area contributed by atoms with Gasteiger partial charge in [-0.05, 0) is 55.3 Å². The van der Waals surface area contributed by atoms with Crippen LogP contribution in [0.2, 0.25) is 0 Å². The van der Waals surface area contributed by atoms with E-state index in [0.29, 0.717) is 5.75 Å². The molecule has 4 heteroatoms. The van der Waals surface area contributed by atoms with Crippen molar-refractivity contribution >= 4 is 17.3 Å². The number of carbonyl (C=O) groups excluding carboxylic acids is 1. The number of rotatable bonds is 6. The van der Waals surface area contributed by atoms with Crippen molar-refractivity contribution < 1.29 is 9.53 Å². The van der Waals surface area contributed by atoms with Crippen LogP contribution in [0.15, 0.2) is 72.8 Å². The SMILES string of the molecule is Cc1ccc(C)c(NC(=O)CNc2ccccc2Oc2ccccc2)c1. The van der Waals surface area contributed by atoms with Crippen molar-refractivity contribution in [2.75, 3.05) is 17.2 Å². The van der Waals surface area contributed by atoms with Crippen LogP contribution in [0.4, 0.5) is 11.4 Å². The lowest BCUT2D eigenvalue weighted by molar-refractivity contribution is -0.114. The fraction of sp³-hybridized carbons (Fsp3) is 0.136. The van der Waals surface area contributed by atoms with Crippen molar-refractivity contribution in [2.24, 2.45) is 0 Å². The van der Waals surface area contributed by atoms with E-state index in [1.54, 1.807) is 0 Å². The summed E-state index contributed by atoms with van der Waals surface area (Å²) >= 11 is 0. The van der Waals surface area contributed by atoms with Crippen LogP contribution < -0.4 is 15.4 Å². The minimum atomic E-state index is -0.104. The molecular weight excluding hydrogens is 324 g/mol. The Hall–Kier alpha value is -3.27. The number of anilines is 2. The van der Waals surface area contributed by atoms with E-state index >= 15 is 0 Å². The molecule has 0 aliphatic carbocycles. The first-order chi connectivity index (χ1) is 12.6. The highest BCUT2D eigenvalue weighted by atomic mass is 16.5. The molecule has 3 aromatic rings. The van der Waals surface area contributed by atoms with Crippen molar-refractivity contribution in [1.82, 2.24) is 0 Å². The molecule has 2 N–H and O–H groups in total. The van der Waals surface area contributed by atoms with E-state index in [4.69, 9.17) is 4.74 Å². The van der Waals surface area contributed by atoms with Gasteiger partial charge < -0.3 is 15.4 Å². The molecule has 0 aliphatic rings. The van der Waals surface area contributed by atoms with Gasteiger partial charge in [-0.2, -0.15) is 0 Å². The molecule has 0 aliphatic heterocycles. The zero-order valence-corrected chi connectivity index (χ0v) is 15.0. The third kappa shape index (κ3) is 4.63. The van der Waals surface area contributed by atoms with Gasteiger partial charge >= 0.3 is 0 Å². The number of hydrogen-bond acceptors (Lipinski definition) is 3. The van der Waals surface area contributed by atoms with Crippen molar-refractivity contribution in [3.63, 3.8) is 0 Å². The van der Waals surface area contributed by atoms with E-state index < -0.39 is 0 Å². The number of benzene rings is 3. The summed E-state index contributed by atoms with van der Waals surface area (Å²) in [5.74, 6) is 1.33.